The van der Waals surface area contributed by atoms with Crippen LogP contribution in [0.1, 0.15) is 24.5 Å². The van der Waals surface area contributed by atoms with Crippen LogP contribution in [0.2, 0.25) is 5.02 Å². The van der Waals surface area contributed by atoms with E-state index in [9.17, 15) is 5.11 Å². The van der Waals surface area contributed by atoms with Crippen molar-refractivity contribution < 1.29 is 5.11 Å². The molecule has 1 aromatic carbocycles. The summed E-state index contributed by atoms with van der Waals surface area (Å²) in [7, 11) is 0. The molecule has 1 aliphatic rings. The summed E-state index contributed by atoms with van der Waals surface area (Å²) in [6.07, 6.45) is 6.90. The van der Waals surface area contributed by atoms with E-state index in [0.717, 1.165) is 31.5 Å². The van der Waals surface area contributed by atoms with Crippen molar-refractivity contribution in [3.63, 3.8) is 0 Å². The molecule has 0 spiro atoms. The van der Waals surface area contributed by atoms with E-state index in [1.54, 1.807) is 0 Å². The fourth-order valence-corrected chi connectivity index (χ4v) is 2.61. The number of terminal acetylenes is 1. The van der Waals surface area contributed by atoms with Crippen LogP contribution in [0.5, 0.6) is 0 Å². The van der Waals surface area contributed by atoms with Crippen LogP contribution in [0.4, 0.5) is 0 Å². The van der Waals surface area contributed by atoms with Gasteiger partial charge in [0.15, 0.2) is 0 Å². The molecule has 1 N–H and O–H groups in total. The first kappa shape index (κ1) is 13.4. The molecule has 1 unspecified atom stereocenters. The van der Waals surface area contributed by atoms with Crippen LogP contribution in [0.3, 0.4) is 0 Å². The molecule has 0 amide bonds. The van der Waals surface area contributed by atoms with Gasteiger partial charge in [-0.15, -0.1) is 6.42 Å². The Labute approximate surface area is 114 Å². The number of halogens is 1. The van der Waals surface area contributed by atoms with Crippen LogP contribution in [0.15, 0.2) is 24.3 Å². The molecular formula is C15H18ClNO. The summed E-state index contributed by atoms with van der Waals surface area (Å²) in [5, 5.41) is 11.1. The van der Waals surface area contributed by atoms with Crippen molar-refractivity contribution in [1.82, 2.24) is 4.90 Å². The minimum Gasteiger partial charge on any atom is -0.388 e. The molecule has 0 bridgehead atoms. The highest BCUT2D eigenvalue weighted by Gasteiger charge is 2.25. The maximum absolute atomic E-state index is 10.4. The van der Waals surface area contributed by atoms with Crippen LogP contribution >= 0.6 is 11.6 Å². The number of aliphatic hydroxyl groups is 1. The molecule has 1 aromatic rings. The first-order chi connectivity index (χ1) is 8.70. The third kappa shape index (κ3) is 3.26. The Morgan fingerprint density at radius 1 is 1.33 bits per heavy atom. The number of aliphatic hydroxyl groups excluding tert-OH is 1. The first-order valence-corrected chi connectivity index (χ1v) is 6.68. The molecule has 18 heavy (non-hydrogen) atoms. The second-order valence-electron chi connectivity index (χ2n) is 4.81. The average Bonchev–Trinajstić information content (AvgIpc) is 2.40. The molecule has 2 nitrogen and oxygen atoms in total. The van der Waals surface area contributed by atoms with E-state index in [1.807, 2.05) is 24.3 Å². The van der Waals surface area contributed by atoms with Gasteiger partial charge in [-0.2, -0.15) is 0 Å². The summed E-state index contributed by atoms with van der Waals surface area (Å²) in [5.41, 5.74) is 0.954. The van der Waals surface area contributed by atoms with Crippen LogP contribution in [0.25, 0.3) is 0 Å². The van der Waals surface area contributed by atoms with E-state index in [-0.39, 0.29) is 0 Å². The maximum atomic E-state index is 10.4. The zero-order valence-electron chi connectivity index (χ0n) is 10.3. The summed E-state index contributed by atoms with van der Waals surface area (Å²) in [5.74, 6) is 2.99. The van der Waals surface area contributed by atoms with E-state index < -0.39 is 6.10 Å². The number of hydrogen-bond acceptors (Lipinski definition) is 2. The normalized spacial score (nSPS) is 19.4. The van der Waals surface area contributed by atoms with Gasteiger partial charge in [0, 0.05) is 5.02 Å². The molecule has 1 atom stereocenters. The molecule has 3 heteroatoms. The monoisotopic (exact) mass is 263 g/mol. The van der Waals surface area contributed by atoms with E-state index >= 15 is 0 Å². The van der Waals surface area contributed by atoms with Gasteiger partial charge < -0.3 is 5.11 Å². The average molecular weight is 264 g/mol. The third-order valence-electron chi connectivity index (χ3n) is 3.61. The molecule has 0 aromatic heterocycles. The highest BCUT2D eigenvalue weighted by molar-refractivity contribution is 6.30. The fourth-order valence-electron chi connectivity index (χ4n) is 2.49. The van der Waals surface area contributed by atoms with Gasteiger partial charge in [0.2, 0.25) is 0 Å². The van der Waals surface area contributed by atoms with Crippen LogP contribution < -0.4 is 0 Å². The minimum atomic E-state index is -0.393. The van der Waals surface area contributed by atoms with E-state index in [4.69, 9.17) is 18.0 Å². The Kier molecular flexibility index (Phi) is 4.66. The predicted octanol–water partition coefficient (Wildman–Crippen LogP) is 2.72. The molecule has 1 saturated heterocycles. The zero-order chi connectivity index (χ0) is 13.0. The molecule has 1 heterocycles. The van der Waals surface area contributed by atoms with Gasteiger partial charge in [-0.05, 0) is 49.5 Å². The Bertz CT molecular complexity index is 415. The lowest BCUT2D eigenvalue weighted by Gasteiger charge is -2.33. The number of nitrogens with zero attached hydrogens (tertiary/aromatic N) is 1. The maximum Gasteiger partial charge on any atom is 0.0819 e. The van der Waals surface area contributed by atoms with Crippen LogP contribution in [-0.2, 0) is 0 Å². The quantitative estimate of drug-likeness (QED) is 0.848. The van der Waals surface area contributed by atoms with Gasteiger partial charge in [-0.25, -0.2) is 0 Å². The molecule has 2 rings (SSSR count). The fraction of sp³-hybridized carbons (Fsp3) is 0.467. The Morgan fingerprint density at radius 2 is 1.94 bits per heavy atom. The van der Waals surface area contributed by atoms with Crippen molar-refractivity contribution in [2.24, 2.45) is 5.92 Å². The Balaban J connectivity index is 1.93. The topological polar surface area (TPSA) is 23.5 Å². The van der Waals surface area contributed by atoms with Crippen molar-refractivity contribution in [2.45, 2.75) is 18.9 Å². The summed E-state index contributed by atoms with van der Waals surface area (Å²) >= 11 is 5.85. The lowest BCUT2D eigenvalue weighted by molar-refractivity contribution is 0.0626. The second-order valence-corrected chi connectivity index (χ2v) is 5.25. The smallest absolute Gasteiger partial charge is 0.0819 e. The SMILES string of the molecule is C#CCN1CCC(C(O)c2ccc(Cl)cc2)CC1. The van der Waals surface area contributed by atoms with Crippen molar-refractivity contribution in [3.8, 4) is 12.3 Å². The van der Waals surface area contributed by atoms with Crippen molar-refractivity contribution >= 4 is 11.6 Å². The summed E-state index contributed by atoms with van der Waals surface area (Å²) in [6.45, 7) is 2.66. The molecular weight excluding hydrogens is 246 g/mol. The lowest BCUT2D eigenvalue weighted by atomic mass is 9.87. The van der Waals surface area contributed by atoms with Gasteiger partial charge in [0.05, 0.1) is 12.6 Å². The van der Waals surface area contributed by atoms with Gasteiger partial charge in [-0.3, -0.25) is 4.90 Å². The molecule has 0 radical (unpaired) electrons. The van der Waals surface area contributed by atoms with Crippen molar-refractivity contribution in [2.75, 3.05) is 19.6 Å². The first-order valence-electron chi connectivity index (χ1n) is 6.30. The minimum absolute atomic E-state index is 0.320. The van der Waals surface area contributed by atoms with Gasteiger partial charge in [0.1, 0.15) is 0 Å². The predicted molar refractivity (Wildman–Crippen MR) is 74.4 cm³/mol. The summed E-state index contributed by atoms with van der Waals surface area (Å²) in [6, 6.07) is 7.46. The summed E-state index contributed by atoms with van der Waals surface area (Å²) < 4.78 is 0. The number of rotatable bonds is 3. The number of likely N-dealkylation sites (tertiary alicyclic amines) is 1. The third-order valence-corrected chi connectivity index (χ3v) is 3.86. The van der Waals surface area contributed by atoms with Gasteiger partial charge >= 0.3 is 0 Å². The van der Waals surface area contributed by atoms with Crippen LogP contribution in [-0.4, -0.2) is 29.6 Å². The Morgan fingerprint density at radius 3 is 2.50 bits per heavy atom. The highest BCUT2D eigenvalue weighted by atomic mass is 35.5. The molecule has 0 aliphatic carbocycles. The number of benzene rings is 1. The van der Waals surface area contributed by atoms with E-state index in [2.05, 4.69) is 10.8 Å². The molecule has 96 valence electrons. The molecule has 1 aliphatic heterocycles. The van der Waals surface area contributed by atoms with E-state index in [1.165, 1.54) is 0 Å². The van der Waals surface area contributed by atoms with Gasteiger partial charge in [-0.1, -0.05) is 29.7 Å². The lowest BCUT2D eigenvalue weighted by Crippen LogP contribution is -2.35. The second kappa shape index (κ2) is 6.24. The summed E-state index contributed by atoms with van der Waals surface area (Å²) in [4.78, 5) is 2.26. The van der Waals surface area contributed by atoms with Crippen molar-refractivity contribution in [3.05, 3.63) is 34.9 Å². The standard InChI is InChI=1S/C15H18ClNO/c1-2-9-17-10-7-13(8-11-17)15(18)12-3-5-14(16)6-4-12/h1,3-6,13,15,18H,7-11H2. The van der Waals surface area contributed by atoms with Gasteiger partial charge in [0.25, 0.3) is 0 Å². The van der Waals surface area contributed by atoms with E-state index in [0.29, 0.717) is 17.5 Å². The van der Waals surface area contributed by atoms with Crippen molar-refractivity contribution in [1.29, 1.82) is 0 Å². The number of hydrogen-bond donors (Lipinski definition) is 1. The molecule has 1 fully saturated rings. The Hall–Kier alpha value is -1.01. The molecule has 0 saturated carbocycles. The highest BCUT2D eigenvalue weighted by Crippen LogP contribution is 2.31. The largest absolute Gasteiger partial charge is 0.388 e. The van der Waals surface area contributed by atoms with Crippen LogP contribution in [0, 0.1) is 18.3 Å². The zero-order valence-corrected chi connectivity index (χ0v) is 11.1. The number of piperidine rings is 1.